The Bertz CT molecular complexity index is 892. The van der Waals surface area contributed by atoms with Gasteiger partial charge in [0.25, 0.3) is 5.56 Å². The number of ether oxygens (including phenoxy) is 1. The normalized spacial score (nSPS) is 10.8. The summed E-state index contributed by atoms with van der Waals surface area (Å²) in [5.41, 5.74) is 0.701. The number of aromatic amines is 1. The van der Waals surface area contributed by atoms with Crippen LogP contribution in [0, 0.1) is 9.39 Å². The fourth-order valence-electron chi connectivity index (χ4n) is 2.13. The maximum atomic E-state index is 14.1. The Morgan fingerprint density at radius 1 is 1.24 bits per heavy atom. The van der Waals surface area contributed by atoms with E-state index in [0.717, 1.165) is 0 Å². The Hall–Kier alpha value is -1.96. The fraction of sp³-hybridized carbons (Fsp3) is 0.0667. The van der Waals surface area contributed by atoms with Crippen LogP contribution in [0.2, 0.25) is 0 Å². The molecule has 0 fully saturated rings. The number of benzene rings is 2. The van der Waals surface area contributed by atoms with Gasteiger partial charge in [-0.05, 0) is 46.9 Å². The van der Waals surface area contributed by atoms with E-state index in [1.165, 1.54) is 7.11 Å². The molecule has 0 bridgehead atoms. The number of methoxy groups -OCH3 is 1. The highest BCUT2D eigenvalue weighted by Gasteiger charge is 2.16. The van der Waals surface area contributed by atoms with E-state index in [-0.39, 0.29) is 17.1 Å². The smallest absolute Gasteiger partial charge is 0.259 e. The lowest BCUT2D eigenvalue weighted by atomic mass is 10.1. The van der Waals surface area contributed by atoms with Crippen LogP contribution >= 0.6 is 22.6 Å². The zero-order valence-electron chi connectivity index (χ0n) is 11.0. The second kappa shape index (κ2) is 5.44. The van der Waals surface area contributed by atoms with Crippen molar-refractivity contribution in [3.8, 4) is 17.1 Å². The van der Waals surface area contributed by atoms with Crippen LogP contribution in [-0.2, 0) is 0 Å². The number of aromatic nitrogens is 2. The van der Waals surface area contributed by atoms with Crippen LogP contribution in [0.1, 0.15) is 0 Å². The van der Waals surface area contributed by atoms with Crippen LogP contribution in [0.3, 0.4) is 0 Å². The summed E-state index contributed by atoms with van der Waals surface area (Å²) in [6, 6.07) is 10.3. The average molecular weight is 396 g/mol. The van der Waals surface area contributed by atoms with Gasteiger partial charge in [-0.3, -0.25) is 4.79 Å². The van der Waals surface area contributed by atoms with Crippen molar-refractivity contribution in [3.05, 3.63) is 56.1 Å². The maximum absolute atomic E-state index is 14.1. The van der Waals surface area contributed by atoms with Crippen molar-refractivity contribution >= 4 is 33.5 Å². The van der Waals surface area contributed by atoms with Gasteiger partial charge in [-0.2, -0.15) is 0 Å². The third-order valence-electron chi connectivity index (χ3n) is 3.12. The maximum Gasteiger partial charge on any atom is 0.259 e. The van der Waals surface area contributed by atoms with Crippen molar-refractivity contribution in [2.24, 2.45) is 0 Å². The first kappa shape index (κ1) is 14.0. The van der Waals surface area contributed by atoms with E-state index >= 15 is 0 Å². The van der Waals surface area contributed by atoms with E-state index in [9.17, 15) is 9.18 Å². The quantitative estimate of drug-likeness (QED) is 0.677. The SMILES string of the molecule is COc1c(-c2nc3ccccc3c(=O)[nH]2)ccc(I)c1F. The molecule has 0 unspecified atom stereocenters. The minimum atomic E-state index is -0.466. The zero-order chi connectivity index (χ0) is 15.0. The highest BCUT2D eigenvalue weighted by atomic mass is 127. The highest BCUT2D eigenvalue weighted by Crippen LogP contribution is 2.32. The molecule has 106 valence electrons. The van der Waals surface area contributed by atoms with Crippen LogP contribution in [0.25, 0.3) is 22.3 Å². The molecule has 0 spiro atoms. The molecule has 0 aliphatic rings. The molecule has 3 aromatic rings. The predicted molar refractivity (Wildman–Crippen MR) is 87.0 cm³/mol. The van der Waals surface area contributed by atoms with Gasteiger partial charge < -0.3 is 9.72 Å². The number of rotatable bonds is 2. The van der Waals surface area contributed by atoms with E-state index in [1.54, 1.807) is 36.4 Å². The lowest BCUT2D eigenvalue weighted by Crippen LogP contribution is -2.10. The molecule has 6 heteroatoms. The number of halogens is 2. The van der Waals surface area contributed by atoms with Gasteiger partial charge in [0.15, 0.2) is 11.6 Å². The van der Waals surface area contributed by atoms with Crippen LogP contribution in [-0.4, -0.2) is 17.1 Å². The molecular weight excluding hydrogens is 386 g/mol. The molecule has 0 saturated carbocycles. The molecule has 1 aromatic heterocycles. The van der Waals surface area contributed by atoms with E-state index in [4.69, 9.17) is 4.74 Å². The van der Waals surface area contributed by atoms with Gasteiger partial charge in [0.1, 0.15) is 5.82 Å². The summed E-state index contributed by atoms with van der Waals surface area (Å²) in [5.74, 6) is -0.113. The molecule has 21 heavy (non-hydrogen) atoms. The summed E-state index contributed by atoms with van der Waals surface area (Å²) in [7, 11) is 1.39. The van der Waals surface area contributed by atoms with Gasteiger partial charge in [0.05, 0.1) is 27.1 Å². The van der Waals surface area contributed by atoms with Gasteiger partial charge in [0.2, 0.25) is 0 Å². The van der Waals surface area contributed by atoms with Crippen molar-refractivity contribution in [1.82, 2.24) is 9.97 Å². The lowest BCUT2D eigenvalue weighted by molar-refractivity contribution is 0.386. The van der Waals surface area contributed by atoms with Gasteiger partial charge in [-0.15, -0.1) is 0 Å². The third kappa shape index (κ3) is 2.39. The first-order valence-electron chi connectivity index (χ1n) is 6.13. The number of fused-ring (bicyclic) bond motifs is 1. The fourth-order valence-corrected chi connectivity index (χ4v) is 2.56. The lowest BCUT2D eigenvalue weighted by Gasteiger charge is -2.10. The number of hydrogen-bond donors (Lipinski definition) is 1. The zero-order valence-corrected chi connectivity index (χ0v) is 13.1. The molecule has 0 amide bonds. The monoisotopic (exact) mass is 396 g/mol. The number of H-pyrrole nitrogens is 1. The van der Waals surface area contributed by atoms with E-state index < -0.39 is 5.82 Å². The third-order valence-corrected chi connectivity index (χ3v) is 3.96. The Labute approximate surface area is 133 Å². The Kier molecular flexibility index (Phi) is 3.62. The number of para-hydroxylation sites is 1. The molecule has 2 aromatic carbocycles. The average Bonchev–Trinajstić information content (AvgIpc) is 2.49. The largest absolute Gasteiger partial charge is 0.493 e. The number of nitrogens with one attached hydrogen (secondary N) is 1. The van der Waals surface area contributed by atoms with Gasteiger partial charge in [-0.25, -0.2) is 9.37 Å². The first-order valence-corrected chi connectivity index (χ1v) is 7.21. The van der Waals surface area contributed by atoms with Crippen molar-refractivity contribution in [3.63, 3.8) is 0 Å². The molecule has 0 aliphatic carbocycles. The van der Waals surface area contributed by atoms with Crippen molar-refractivity contribution in [2.75, 3.05) is 7.11 Å². The topological polar surface area (TPSA) is 55.0 Å². The van der Waals surface area contributed by atoms with Crippen LogP contribution in [0.4, 0.5) is 4.39 Å². The highest BCUT2D eigenvalue weighted by molar-refractivity contribution is 14.1. The van der Waals surface area contributed by atoms with Gasteiger partial charge in [0, 0.05) is 0 Å². The standard InChI is InChI=1S/C15H10FIN2O2/c1-21-13-9(6-7-10(17)12(13)16)14-18-11-5-3-2-4-8(11)15(20)19-14/h2-7H,1H3,(H,18,19,20). The number of hydrogen-bond acceptors (Lipinski definition) is 3. The van der Waals surface area contributed by atoms with Crippen molar-refractivity contribution < 1.29 is 9.13 Å². The second-order valence-corrected chi connectivity index (χ2v) is 5.54. The van der Waals surface area contributed by atoms with Crippen LogP contribution < -0.4 is 10.3 Å². The summed E-state index contributed by atoms with van der Waals surface area (Å²) in [6.45, 7) is 0. The molecule has 0 aliphatic heterocycles. The molecule has 1 N–H and O–H groups in total. The molecule has 0 atom stereocenters. The molecule has 1 heterocycles. The van der Waals surface area contributed by atoms with Crippen molar-refractivity contribution in [2.45, 2.75) is 0 Å². The number of nitrogens with zero attached hydrogens (tertiary/aromatic N) is 1. The van der Waals surface area contributed by atoms with E-state index in [1.807, 2.05) is 22.6 Å². The second-order valence-electron chi connectivity index (χ2n) is 4.37. The van der Waals surface area contributed by atoms with E-state index in [0.29, 0.717) is 20.0 Å². The minimum Gasteiger partial charge on any atom is -0.493 e. The van der Waals surface area contributed by atoms with Crippen LogP contribution in [0.15, 0.2) is 41.2 Å². The molecular formula is C15H10FIN2O2. The van der Waals surface area contributed by atoms with Crippen molar-refractivity contribution in [1.29, 1.82) is 0 Å². The summed E-state index contributed by atoms with van der Waals surface area (Å²) < 4.78 is 19.7. The van der Waals surface area contributed by atoms with Gasteiger partial charge >= 0.3 is 0 Å². The molecule has 0 saturated heterocycles. The summed E-state index contributed by atoms with van der Waals surface area (Å²) >= 11 is 1.88. The minimum absolute atomic E-state index is 0.0698. The molecule has 4 nitrogen and oxygen atoms in total. The molecule has 0 radical (unpaired) electrons. The Morgan fingerprint density at radius 2 is 2.00 bits per heavy atom. The van der Waals surface area contributed by atoms with Gasteiger partial charge in [-0.1, -0.05) is 12.1 Å². The summed E-state index contributed by atoms with van der Waals surface area (Å²) in [6.07, 6.45) is 0. The molecule has 3 rings (SSSR count). The Morgan fingerprint density at radius 3 is 2.76 bits per heavy atom. The predicted octanol–water partition coefficient (Wildman–Crippen LogP) is 3.34. The Balaban J connectivity index is 2.31. The van der Waals surface area contributed by atoms with Crippen LogP contribution in [0.5, 0.6) is 5.75 Å². The summed E-state index contributed by atoms with van der Waals surface area (Å²) in [5, 5.41) is 0.492. The van der Waals surface area contributed by atoms with E-state index in [2.05, 4.69) is 9.97 Å². The summed E-state index contributed by atoms with van der Waals surface area (Å²) in [4.78, 5) is 19.1. The first-order chi connectivity index (χ1) is 10.1.